The number of amides is 2. The summed E-state index contributed by atoms with van der Waals surface area (Å²) in [7, 11) is 0. The Morgan fingerprint density at radius 1 is 1.37 bits per heavy atom. The van der Waals surface area contributed by atoms with E-state index >= 15 is 0 Å². The fourth-order valence-corrected chi connectivity index (χ4v) is 2.17. The topological polar surface area (TPSA) is 66.5 Å². The number of benzene rings is 1. The van der Waals surface area contributed by atoms with Gasteiger partial charge in [0, 0.05) is 17.8 Å². The Labute approximate surface area is 111 Å². The van der Waals surface area contributed by atoms with E-state index in [1.807, 2.05) is 13.8 Å². The minimum atomic E-state index is -0.182. The summed E-state index contributed by atoms with van der Waals surface area (Å²) >= 11 is 0. The SMILES string of the molecule is CCNC(=O)c1ccc(N2CC(=O)CC2=O)c(C)c1. The zero-order chi connectivity index (χ0) is 14.0. The number of nitrogens with one attached hydrogen (secondary N) is 1. The van der Waals surface area contributed by atoms with E-state index in [2.05, 4.69) is 5.32 Å². The van der Waals surface area contributed by atoms with Gasteiger partial charge in [-0.15, -0.1) is 0 Å². The Kier molecular flexibility index (Phi) is 3.64. The number of ketones is 1. The van der Waals surface area contributed by atoms with Crippen molar-refractivity contribution >= 4 is 23.3 Å². The van der Waals surface area contributed by atoms with Crippen LogP contribution in [0.15, 0.2) is 18.2 Å². The first-order valence-electron chi connectivity index (χ1n) is 6.24. The molecule has 100 valence electrons. The maximum absolute atomic E-state index is 11.7. The largest absolute Gasteiger partial charge is 0.352 e. The van der Waals surface area contributed by atoms with Gasteiger partial charge in [-0.05, 0) is 37.6 Å². The van der Waals surface area contributed by atoms with Crippen molar-refractivity contribution in [2.45, 2.75) is 20.3 Å². The Bertz CT molecular complexity index is 552. The molecule has 2 amide bonds. The minimum absolute atomic E-state index is 0.0302. The molecular formula is C14H16N2O3. The summed E-state index contributed by atoms with van der Waals surface area (Å²) in [5.41, 5.74) is 2.07. The summed E-state index contributed by atoms with van der Waals surface area (Å²) in [4.78, 5) is 36.1. The molecule has 0 spiro atoms. The highest BCUT2D eigenvalue weighted by Crippen LogP contribution is 2.24. The number of aryl methyl sites for hydroxylation is 1. The molecule has 0 atom stereocenters. The average molecular weight is 260 g/mol. The molecule has 0 bridgehead atoms. The third-order valence-corrected chi connectivity index (χ3v) is 3.07. The number of carbonyl (C=O) groups is 3. The molecule has 1 aliphatic heterocycles. The van der Waals surface area contributed by atoms with E-state index in [1.54, 1.807) is 18.2 Å². The number of hydrogen-bond acceptors (Lipinski definition) is 3. The summed E-state index contributed by atoms with van der Waals surface area (Å²) in [6.45, 7) is 4.38. The average Bonchev–Trinajstić information content (AvgIpc) is 2.68. The molecule has 1 aromatic carbocycles. The highest BCUT2D eigenvalue weighted by Gasteiger charge is 2.29. The second kappa shape index (κ2) is 5.22. The van der Waals surface area contributed by atoms with Crippen molar-refractivity contribution in [3.05, 3.63) is 29.3 Å². The number of anilines is 1. The number of carbonyl (C=O) groups excluding carboxylic acids is 3. The lowest BCUT2D eigenvalue weighted by Crippen LogP contribution is -2.26. The van der Waals surface area contributed by atoms with Crippen molar-refractivity contribution in [2.75, 3.05) is 18.0 Å². The molecule has 1 aliphatic rings. The fourth-order valence-electron chi connectivity index (χ4n) is 2.17. The molecule has 1 N–H and O–H groups in total. The van der Waals surface area contributed by atoms with E-state index in [0.717, 1.165) is 5.56 Å². The van der Waals surface area contributed by atoms with E-state index in [9.17, 15) is 14.4 Å². The van der Waals surface area contributed by atoms with Gasteiger partial charge in [0.25, 0.3) is 5.91 Å². The second-order valence-electron chi connectivity index (χ2n) is 4.56. The molecule has 0 aromatic heterocycles. The molecule has 1 aromatic rings. The van der Waals surface area contributed by atoms with Crippen molar-refractivity contribution in [1.29, 1.82) is 0 Å². The van der Waals surface area contributed by atoms with E-state index in [-0.39, 0.29) is 30.6 Å². The lowest BCUT2D eigenvalue weighted by atomic mass is 10.1. The van der Waals surface area contributed by atoms with Crippen LogP contribution in [0.5, 0.6) is 0 Å². The van der Waals surface area contributed by atoms with E-state index < -0.39 is 0 Å². The van der Waals surface area contributed by atoms with Gasteiger partial charge >= 0.3 is 0 Å². The zero-order valence-corrected chi connectivity index (χ0v) is 11.0. The number of nitrogens with zero attached hydrogens (tertiary/aromatic N) is 1. The van der Waals surface area contributed by atoms with Crippen LogP contribution < -0.4 is 10.2 Å². The Morgan fingerprint density at radius 3 is 2.63 bits per heavy atom. The van der Waals surface area contributed by atoms with Gasteiger partial charge in [-0.3, -0.25) is 14.4 Å². The summed E-state index contributed by atoms with van der Waals surface area (Å²) < 4.78 is 0. The summed E-state index contributed by atoms with van der Waals surface area (Å²) in [5, 5.41) is 2.72. The molecule has 2 rings (SSSR count). The lowest BCUT2D eigenvalue weighted by Gasteiger charge is -2.18. The summed E-state index contributed by atoms with van der Waals surface area (Å²) in [6.07, 6.45) is -0.0302. The van der Waals surface area contributed by atoms with Crippen molar-refractivity contribution < 1.29 is 14.4 Å². The molecule has 1 saturated heterocycles. The van der Waals surface area contributed by atoms with Crippen LogP contribution in [0.25, 0.3) is 0 Å². The number of Topliss-reactive ketones (excluding diaryl/α,β-unsaturated/α-hetero) is 1. The Balaban J connectivity index is 2.27. The van der Waals surface area contributed by atoms with Crippen molar-refractivity contribution in [3.63, 3.8) is 0 Å². The van der Waals surface area contributed by atoms with Gasteiger partial charge in [-0.1, -0.05) is 0 Å². The van der Waals surface area contributed by atoms with Crippen LogP contribution in [0.1, 0.15) is 29.3 Å². The lowest BCUT2D eigenvalue weighted by molar-refractivity contribution is -0.121. The van der Waals surface area contributed by atoms with Crippen LogP contribution in [-0.2, 0) is 9.59 Å². The van der Waals surface area contributed by atoms with Gasteiger partial charge in [-0.25, -0.2) is 0 Å². The van der Waals surface area contributed by atoms with Crippen molar-refractivity contribution in [3.8, 4) is 0 Å². The first-order valence-corrected chi connectivity index (χ1v) is 6.24. The standard InChI is InChI=1S/C14H16N2O3/c1-3-15-14(19)10-4-5-12(9(2)6-10)16-8-11(17)7-13(16)18/h4-6H,3,7-8H2,1-2H3,(H,15,19). The van der Waals surface area contributed by atoms with Crippen LogP contribution in [0.3, 0.4) is 0 Å². The first-order chi connectivity index (χ1) is 9.02. The van der Waals surface area contributed by atoms with E-state index in [4.69, 9.17) is 0 Å². The highest BCUT2D eigenvalue weighted by molar-refractivity contribution is 6.15. The normalized spacial score (nSPS) is 14.9. The third-order valence-electron chi connectivity index (χ3n) is 3.07. The van der Waals surface area contributed by atoms with Crippen molar-refractivity contribution in [2.24, 2.45) is 0 Å². The Hall–Kier alpha value is -2.17. The molecule has 19 heavy (non-hydrogen) atoms. The van der Waals surface area contributed by atoms with E-state index in [0.29, 0.717) is 17.8 Å². The highest BCUT2D eigenvalue weighted by atomic mass is 16.2. The van der Waals surface area contributed by atoms with Gasteiger partial charge in [-0.2, -0.15) is 0 Å². The number of rotatable bonds is 3. The Morgan fingerprint density at radius 2 is 2.11 bits per heavy atom. The molecule has 5 heteroatoms. The van der Waals surface area contributed by atoms with Crippen LogP contribution in [0, 0.1) is 6.92 Å². The quantitative estimate of drug-likeness (QED) is 0.826. The van der Waals surface area contributed by atoms with Crippen molar-refractivity contribution in [1.82, 2.24) is 5.32 Å². The molecule has 5 nitrogen and oxygen atoms in total. The van der Waals surface area contributed by atoms with Crippen LogP contribution in [0.4, 0.5) is 5.69 Å². The maximum Gasteiger partial charge on any atom is 0.251 e. The van der Waals surface area contributed by atoms with Crippen LogP contribution >= 0.6 is 0 Å². The van der Waals surface area contributed by atoms with Gasteiger partial charge < -0.3 is 10.2 Å². The van der Waals surface area contributed by atoms with Gasteiger partial charge in [0.05, 0.1) is 13.0 Å². The summed E-state index contributed by atoms with van der Waals surface area (Å²) in [5.74, 6) is -0.392. The molecular weight excluding hydrogens is 244 g/mol. The van der Waals surface area contributed by atoms with Crippen LogP contribution in [0.2, 0.25) is 0 Å². The molecule has 0 radical (unpaired) electrons. The smallest absolute Gasteiger partial charge is 0.251 e. The van der Waals surface area contributed by atoms with E-state index in [1.165, 1.54) is 4.90 Å². The fraction of sp³-hybridized carbons (Fsp3) is 0.357. The molecule has 1 fully saturated rings. The number of hydrogen-bond donors (Lipinski definition) is 1. The molecule has 0 aliphatic carbocycles. The van der Waals surface area contributed by atoms with Crippen LogP contribution in [-0.4, -0.2) is 30.7 Å². The first kappa shape index (κ1) is 13.3. The van der Waals surface area contributed by atoms with Gasteiger partial charge in [0.2, 0.25) is 5.91 Å². The maximum atomic E-state index is 11.7. The van der Waals surface area contributed by atoms with Gasteiger partial charge in [0.15, 0.2) is 5.78 Å². The third kappa shape index (κ3) is 2.65. The van der Waals surface area contributed by atoms with Gasteiger partial charge in [0.1, 0.15) is 0 Å². The molecule has 1 heterocycles. The zero-order valence-electron chi connectivity index (χ0n) is 11.0. The summed E-state index contributed by atoms with van der Waals surface area (Å²) in [6, 6.07) is 5.12. The molecule has 0 saturated carbocycles. The predicted molar refractivity (Wildman–Crippen MR) is 71.2 cm³/mol. The minimum Gasteiger partial charge on any atom is -0.352 e. The second-order valence-corrected chi connectivity index (χ2v) is 4.56. The predicted octanol–water partition coefficient (Wildman–Crippen LogP) is 1.05. The molecule has 0 unspecified atom stereocenters. The monoisotopic (exact) mass is 260 g/mol.